The van der Waals surface area contributed by atoms with Crippen LogP contribution in [0.1, 0.15) is 5.56 Å². The third-order valence-corrected chi connectivity index (χ3v) is 2.98. The molecule has 0 fully saturated rings. The average molecular weight is 298 g/mol. The van der Waals surface area contributed by atoms with Gasteiger partial charge < -0.3 is 15.4 Å². The van der Waals surface area contributed by atoms with Crippen molar-refractivity contribution in [2.45, 2.75) is 6.92 Å². The summed E-state index contributed by atoms with van der Waals surface area (Å²) in [6, 6.07) is 16.5. The second kappa shape index (κ2) is 7.83. The molecule has 0 atom stereocenters. The fraction of sp³-hybridized carbons (Fsp3) is 0.176. The molecule has 0 bridgehead atoms. The van der Waals surface area contributed by atoms with Crippen molar-refractivity contribution in [2.75, 3.05) is 18.5 Å². The number of carbonyl (C=O) groups excluding carboxylic acids is 2. The predicted molar refractivity (Wildman–Crippen MR) is 84.8 cm³/mol. The highest BCUT2D eigenvalue weighted by Gasteiger charge is 2.07. The molecule has 2 rings (SSSR count). The van der Waals surface area contributed by atoms with Crippen LogP contribution in [-0.2, 0) is 9.59 Å². The Kier molecular flexibility index (Phi) is 5.54. The summed E-state index contributed by atoms with van der Waals surface area (Å²) in [5, 5.41) is 5.26. The topological polar surface area (TPSA) is 67.4 Å². The van der Waals surface area contributed by atoms with E-state index in [1.54, 1.807) is 12.1 Å². The molecule has 2 amide bonds. The van der Waals surface area contributed by atoms with Crippen LogP contribution in [0.25, 0.3) is 0 Å². The minimum atomic E-state index is -0.344. The van der Waals surface area contributed by atoms with Gasteiger partial charge in [0.05, 0.1) is 6.54 Å². The van der Waals surface area contributed by atoms with Crippen molar-refractivity contribution < 1.29 is 14.3 Å². The molecule has 0 aliphatic heterocycles. The average Bonchev–Trinajstić information content (AvgIpc) is 2.54. The van der Waals surface area contributed by atoms with Gasteiger partial charge >= 0.3 is 0 Å². The van der Waals surface area contributed by atoms with Gasteiger partial charge in [-0.2, -0.15) is 0 Å². The first-order chi connectivity index (χ1) is 10.6. The molecule has 0 spiro atoms. The summed E-state index contributed by atoms with van der Waals surface area (Å²) >= 11 is 0. The molecule has 5 heteroatoms. The maximum Gasteiger partial charge on any atom is 0.258 e. The lowest BCUT2D eigenvalue weighted by molar-refractivity contribution is -0.125. The molecule has 22 heavy (non-hydrogen) atoms. The normalized spacial score (nSPS) is 9.86. The van der Waals surface area contributed by atoms with Gasteiger partial charge in [-0.25, -0.2) is 0 Å². The number of amides is 2. The van der Waals surface area contributed by atoms with Crippen LogP contribution in [0.4, 0.5) is 5.69 Å². The standard InChI is InChI=1S/C17H18N2O3/c1-13-7-5-6-10-15(13)19-16(20)11-18-17(21)12-22-14-8-3-2-4-9-14/h2-10H,11-12H2,1H3,(H,18,21)(H,19,20). The van der Waals surface area contributed by atoms with Gasteiger partial charge in [0.15, 0.2) is 6.61 Å². The molecule has 5 nitrogen and oxygen atoms in total. The second-order valence-electron chi connectivity index (χ2n) is 4.74. The molecule has 0 saturated carbocycles. The number of benzene rings is 2. The Balaban J connectivity index is 1.72. The molecule has 0 aliphatic carbocycles. The Labute approximate surface area is 129 Å². The van der Waals surface area contributed by atoms with Gasteiger partial charge in [-0.3, -0.25) is 9.59 Å². The van der Waals surface area contributed by atoms with Crippen LogP contribution < -0.4 is 15.4 Å². The Morgan fingerprint density at radius 2 is 1.64 bits per heavy atom. The highest BCUT2D eigenvalue weighted by molar-refractivity contribution is 5.95. The number of aryl methyl sites for hydroxylation is 1. The van der Waals surface area contributed by atoms with Gasteiger partial charge in [0, 0.05) is 5.69 Å². The molecule has 0 heterocycles. The molecule has 114 valence electrons. The fourth-order valence-electron chi connectivity index (χ4n) is 1.80. The van der Waals surface area contributed by atoms with Crippen LogP contribution >= 0.6 is 0 Å². The molecule has 2 N–H and O–H groups in total. The van der Waals surface area contributed by atoms with Gasteiger partial charge in [-0.05, 0) is 30.7 Å². The van der Waals surface area contributed by atoms with Crippen LogP contribution in [0.2, 0.25) is 0 Å². The first-order valence-corrected chi connectivity index (χ1v) is 6.95. The highest BCUT2D eigenvalue weighted by Crippen LogP contribution is 2.12. The smallest absolute Gasteiger partial charge is 0.258 e. The summed E-state index contributed by atoms with van der Waals surface area (Å²) in [4.78, 5) is 23.4. The van der Waals surface area contributed by atoms with Crippen LogP contribution in [-0.4, -0.2) is 25.0 Å². The molecule has 2 aromatic rings. The number of carbonyl (C=O) groups is 2. The third kappa shape index (κ3) is 4.94. The Bertz CT molecular complexity index is 641. The van der Waals surface area contributed by atoms with E-state index in [0.717, 1.165) is 11.3 Å². The predicted octanol–water partition coefficient (Wildman–Crippen LogP) is 2.13. The van der Waals surface area contributed by atoms with E-state index in [0.29, 0.717) is 5.75 Å². The van der Waals surface area contributed by atoms with Gasteiger partial charge in [-0.1, -0.05) is 36.4 Å². The van der Waals surface area contributed by atoms with E-state index in [1.807, 2.05) is 49.4 Å². The van der Waals surface area contributed by atoms with E-state index in [-0.39, 0.29) is 25.0 Å². The van der Waals surface area contributed by atoms with E-state index in [9.17, 15) is 9.59 Å². The van der Waals surface area contributed by atoms with Crippen LogP contribution in [0, 0.1) is 6.92 Å². The van der Waals surface area contributed by atoms with Gasteiger partial charge in [-0.15, -0.1) is 0 Å². The molecule has 0 radical (unpaired) electrons. The van der Waals surface area contributed by atoms with Gasteiger partial charge in [0.1, 0.15) is 5.75 Å². The highest BCUT2D eigenvalue weighted by atomic mass is 16.5. The first kappa shape index (κ1) is 15.6. The summed E-state index contributed by atoms with van der Waals surface area (Å²) < 4.78 is 5.29. The molecular weight excluding hydrogens is 280 g/mol. The lowest BCUT2D eigenvalue weighted by atomic mass is 10.2. The first-order valence-electron chi connectivity index (χ1n) is 6.95. The number of anilines is 1. The molecule has 0 aliphatic rings. The molecule has 0 unspecified atom stereocenters. The van der Waals surface area contributed by atoms with Crippen LogP contribution in [0.15, 0.2) is 54.6 Å². The summed E-state index contributed by atoms with van der Waals surface area (Å²) in [6.07, 6.45) is 0. The summed E-state index contributed by atoms with van der Waals surface area (Å²) in [5.74, 6) is -0.00633. The lowest BCUT2D eigenvalue weighted by Gasteiger charge is -2.09. The van der Waals surface area contributed by atoms with Crippen molar-refractivity contribution >= 4 is 17.5 Å². The molecule has 2 aromatic carbocycles. The number of ether oxygens (including phenoxy) is 1. The number of hydrogen-bond acceptors (Lipinski definition) is 3. The Hall–Kier alpha value is -2.82. The Morgan fingerprint density at radius 3 is 2.36 bits per heavy atom. The van der Waals surface area contributed by atoms with Crippen molar-refractivity contribution in [3.05, 3.63) is 60.2 Å². The number of hydrogen-bond donors (Lipinski definition) is 2. The van der Waals surface area contributed by atoms with E-state index in [4.69, 9.17) is 4.74 Å². The lowest BCUT2D eigenvalue weighted by Crippen LogP contribution is -2.35. The van der Waals surface area contributed by atoms with E-state index in [1.165, 1.54) is 0 Å². The van der Waals surface area contributed by atoms with E-state index >= 15 is 0 Å². The summed E-state index contributed by atoms with van der Waals surface area (Å²) in [7, 11) is 0. The maximum absolute atomic E-state index is 11.8. The van der Waals surface area contributed by atoms with Crippen LogP contribution in [0.5, 0.6) is 5.75 Å². The van der Waals surface area contributed by atoms with Crippen LogP contribution in [0.3, 0.4) is 0 Å². The van der Waals surface area contributed by atoms with E-state index in [2.05, 4.69) is 10.6 Å². The minimum absolute atomic E-state index is 0.0919. The summed E-state index contributed by atoms with van der Waals surface area (Å²) in [6.45, 7) is 1.69. The van der Waals surface area contributed by atoms with Crippen molar-refractivity contribution in [3.8, 4) is 5.75 Å². The molecule has 0 aromatic heterocycles. The number of rotatable bonds is 6. The quantitative estimate of drug-likeness (QED) is 0.858. The van der Waals surface area contributed by atoms with Crippen molar-refractivity contribution in [2.24, 2.45) is 0 Å². The Morgan fingerprint density at radius 1 is 0.955 bits per heavy atom. The largest absolute Gasteiger partial charge is 0.484 e. The fourth-order valence-corrected chi connectivity index (χ4v) is 1.80. The van der Waals surface area contributed by atoms with Crippen molar-refractivity contribution in [1.29, 1.82) is 0 Å². The van der Waals surface area contributed by atoms with Crippen molar-refractivity contribution in [3.63, 3.8) is 0 Å². The van der Waals surface area contributed by atoms with Crippen molar-refractivity contribution in [1.82, 2.24) is 5.32 Å². The van der Waals surface area contributed by atoms with Gasteiger partial charge in [0.2, 0.25) is 5.91 Å². The maximum atomic E-state index is 11.8. The zero-order chi connectivity index (χ0) is 15.8. The number of nitrogens with one attached hydrogen (secondary N) is 2. The van der Waals surface area contributed by atoms with Gasteiger partial charge in [0.25, 0.3) is 5.91 Å². The molecular formula is C17H18N2O3. The number of para-hydroxylation sites is 2. The summed E-state index contributed by atoms with van der Waals surface area (Å²) in [5.41, 5.74) is 1.71. The SMILES string of the molecule is Cc1ccccc1NC(=O)CNC(=O)COc1ccccc1. The molecule has 0 saturated heterocycles. The minimum Gasteiger partial charge on any atom is -0.484 e. The third-order valence-electron chi connectivity index (χ3n) is 2.98. The monoisotopic (exact) mass is 298 g/mol. The zero-order valence-electron chi connectivity index (χ0n) is 12.3. The van der Waals surface area contributed by atoms with E-state index < -0.39 is 0 Å². The second-order valence-corrected chi connectivity index (χ2v) is 4.74. The zero-order valence-corrected chi connectivity index (χ0v) is 12.3.